The molecule has 1 fully saturated rings. The van der Waals surface area contributed by atoms with Crippen LogP contribution in [0.15, 0.2) is 60.9 Å². The minimum absolute atomic E-state index is 0.650. The number of nitrogens with one attached hydrogen (secondary N) is 1. The first-order valence-electron chi connectivity index (χ1n) is 12.6. The number of aryl methyl sites for hydroxylation is 2. The Balaban J connectivity index is 1.36. The maximum absolute atomic E-state index is 4.67. The Bertz CT molecular complexity index is 1270. The monoisotopic (exact) mass is 452 g/mol. The van der Waals surface area contributed by atoms with E-state index in [4.69, 9.17) is 0 Å². The van der Waals surface area contributed by atoms with Crippen LogP contribution in [-0.2, 0) is 0 Å². The average molecular weight is 453 g/mol. The van der Waals surface area contributed by atoms with Crippen molar-refractivity contribution >= 4 is 17.0 Å². The van der Waals surface area contributed by atoms with Crippen molar-refractivity contribution < 1.29 is 0 Å². The molecule has 34 heavy (non-hydrogen) atoms. The van der Waals surface area contributed by atoms with E-state index >= 15 is 0 Å². The van der Waals surface area contributed by atoms with Crippen molar-refractivity contribution in [3.8, 4) is 11.3 Å². The van der Waals surface area contributed by atoms with E-state index in [1.165, 1.54) is 53.7 Å². The summed E-state index contributed by atoms with van der Waals surface area (Å²) in [4.78, 5) is 7.26. The number of likely N-dealkylation sites (tertiary alicyclic amines) is 1. The molecule has 176 valence electrons. The molecule has 0 saturated carbocycles. The van der Waals surface area contributed by atoms with Crippen molar-refractivity contribution in [1.29, 1.82) is 0 Å². The minimum Gasteiger partial charge on any atom is -0.352 e. The van der Waals surface area contributed by atoms with E-state index in [-0.39, 0.29) is 0 Å². The normalized spacial score (nSPS) is 15.4. The van der Waals surface area contributed by atoms with Gasteiger partial charge in [0.15, 0.2) is 5.65 Å². The molecular formula is C30H36N4. The van der Waals surface area contributed by atoms with Crippen LogP contribution in [0, 0.1) is 20.8 Å². The second kappa shape index (κ2) is 9.27. The Labute approximate surface area is 203 Å². The van der Waals surface area contributed by atoms with Gasteiger partial charge in [-0.05, 0) is 131 Å². The summed E-state index contributed by atoms with van der Waals surface area (Å²) in [5.74, 6) is 0.670. The molecule has 0 radical (unpaired) electrons. The molecule has 0 amide bonds. The summed E-state index contributed by atoms with van der Waals surface area (Å²) < 4.78 is 2.18. The number of pyridine rings is 1. The van der Waals surface area contributed by atoms with Crippen LogP contribution in [0.25, 0.3) is 16.9 Å². The number of hydrogen-bond acceptors (Lipinski definition) is 3. The first kappa shape index (κ1) is 22.7. The van der Waals surface area contributed by atoms with Gasteiger partial charge in [-0.15, -0.1) is 0 Å². The Morgan fingerprint density at radius 2 is 1.59 bits per heavy atom. The molecule has 0 aliphatic carbocycles. The molecule has 4 nitrogen and oxygen atoms in total. The van der Waals surface area contributed by atoms with E-state index in [1.807, 2.05) is 12.4 Å². The van der Waals surface area contributed by atoms with E-state index in [1.54, 1.807) is 0 Å². The summed E-state index contributed by atoms with van der Waals surface area (Å²) in [6.45, 7) is 13.6. The van der Waals surface area contributed by atoms with E-state index in [2.05, 4.69) is 103 Å². The molecule has 4 heteroatoms. The van der Waals surface area contributed by atoms with Gasteiger partial charge in [-0.2, -0.15) is 0 Å². The fraction of sp³-hybridized carbons (Fsp3) is 0.367. The van der Waals surface area contributed by atoms with Crippen LogP contribution in [0.4, 0.5) is 11.4 Å². The highest BCUT2D eigenvalue weighted by Gasteiger charge is 2.22. The first-order chi connectivity index (χ1) is 16.4. The third-order valence-electron chi connectivity index (χ3n) is 7.69. The number of anilines is 2. The number of aromatic nitrogens is 2. The molecule has 1 aliphatic heterocycles. The van der Waals surface area contributed by atoms with E-state index in [9.17, 15) is 0 Å². The highest BCUT2D eigenvalue weighted by Crippen LogP contribution is 2.32. The smallest absolute Gasteiger partial charge is 0.161 e. The SMILES string of the molecule is Cc1cc(-c2ccc(Nc3ccc(C4CCN(C(C)C)CC4)cc3)c3nccn23)cc(C)c1C. The van der Waals surface area contributed by atoms with Gasteiger partial charge in [0.1, 0.15) is 0 Å². The Kier molecular flexibility index (Phi) is 6.18. The Morgan fingerprint density at radius 3 is 2.24 bits per heavy atom. The first-order valence-corrected chi connectivity index (χ1v) is 12.6. The highest BCUT2D eigenvalue weighted by molar-refractivity contribution is 5.78. The molecule has 1 N–H and O–H groups in total. The van der Waals surface area contributed by atoms with Gasteiger partial charge in [0.05, 0.1) is 11.4 Å². The third kappa shape index (κ3) is 4.35. The van der Waals surface area contributed by atoms with Crippen molar-refractivity contribution in [1.82, 2.24) is 14.3 Å². The zero-order valence-corrected chi connectivity index (χ0v) is 21.1. The van der Waals surface area contributed by atoms with Crippen LogP contribution in [0.3, 0.4) is 0 Å². The lowest BCUT2D eigenvalue weighted by Gasteiger charge is -2.34. The van der Waals surface area contributed by atoms with Gasteiger partial charge in [-0.1, -0.05) is 12.1 Å². The zero-order valence-electron chi connectivity index (χ0n) is 21.1. The molecule has 1 saturated heterocycles. The van der Waals surface area contributed by atoms with Gasteiger partial charge in [0.25, 0.3) is 0 Å². The maximum atomic E-state index is 4.67. The number of fused-ring (bicyclic) bond motifs is 1. The molecule has 5 rings (SSSR count). The highest BCUT2D eigenvalue weighted by atomic mass is 15.1. The largest absolute Gasteiger partial charge is 0.352 e. The predicted molar refractivity (Wildman–Crippen MR) is 143 cm³/mol. The second-order valence-electron chi connectivity index (χ2n) is 10.1. The molecule has 0 bridgehead atoms. The van der Waals surface area contributed by atoms with Crippen molar-refractivity contribution in [3.63, 3.8) is 0 Å². The van der Waals surface area contributed by atoms with E-state index in [0.717, 1.165) is 22.7 Å². The van der Waals surface area contributed by atoms with Gasteiger partial charge in [0, 0.05) is 24.1 Å². The van der Waals surface area contributed by atoms with Gasteiger partial charge >= 0.3 is 0 Å². The Hall–Kier alpha value is -3.11. The quantitative estimate of drug-likeness (QED) is 0.346. The van der Waals surface area contributed by atoms with Gasteiger partial charge < -0.3 is 10.2 Å². The molecule has 0 atom stereocenters. The lowest BCUT2D eigenvalue weighted by atomic mass is 9.89. The maximum Gasteiger partial charge on any atom is 0.161 e. The molecule has 0 unspecified atom stereocenters. The molecule has 4 aromatic rings. The van der Waals surface area contributed by atoms with Crippen LogP contribution in [0.1, 0.15) is 54.9 Å². The number of piperidine rings is 1. The standard InChI is InChI=1S/C30H36N4/c1-20(2)33-15-12-25(13-16-33)24-6-8-27(9-7-24)32-28-10-11-29(34-17-14-31-30(28)34)26-18-21(3)23(5)22(4)19-26/h6-11,14,17-20,25,32H,12-13,15-16H2,1-5H3. The summed E-state index contributed by atoms with van der Waals surface area (Å²) in [6, 6.07) is 18.6. The number of nitrogens with zero attached hydrogens (tertiary/aromatic N) is 3. The molecule has 2 aromatic carbocycles. The molecule has 2 aromatic heterocycles. The van der Waals surface area contributed by atoms with Gasteiger partial charge in [-0.25, -0.2) is 4.98 Å². The lowest BCUT2D eigenvalue weighted by Crippen LogP contribution is -2.37. The summed E-state index contributed by atoms with van der Waals surface area (Å²) in [6.07, 6.45) is 6.43. The summed E-state index contributed by atoms with van der Waals surface area (Å²) in [5, 5.41) is 3.60. The topological polar surface area (TPSA) is 32.6 Å². The fourth-order valence-corrected chi connectivity index (χ4v) is 5.27. The predicted octanol–water partition coefficient (Wildman–Crippen LogP) is 7.26. The van der Waals surface area contributed by atoms with E-state index < -0.39 is 0 Å². The van der Waals surface area contributed by atoms with Crippen molar-refractivity contribution in [3.05, 3.63) is 83.2 Å². The van der Waals surface area contributed by atoms with Gasteiger partial charge in [0.2, 0.25) is 0 Å². The van der Waals surface area contributed by atoms with Crippen molar-refractivity contribution in [2.24, 2.45) is 0 Å². The zero-order chi connectivity index (χ0) is 23.8. The van der Waals surface area contributed by atoms with Crippen LogP contribution in [0.5, 0.6) is 0 Å². The van der Waals surface area contributed by atoms with Gasteiger partial charge in [-0.3, -0.25) is 4.40 Å². The third-order valence-corrected chi connectivity index (χ3v) is 7.69. The molecule has 1 aliphatic rings. The minimum atomic E-state index is 0.650. The second-order valence-corrected chi connectivity index (χ2v) is 10.1. The summed E-state index contributed by atoms with van der Waals surface area (Å²) >= 11 is 0. The average Bonchev–Trinajstić information content (AvgIpc) is 3.33. The molecular weight excluding hydrogens is 416 g/mol. The Morgan fingerprint density at radius 1 is 0.912 bits per heavy atom. The molecule has 0 spiro atoms. The number of hydrogen-bond donors (Lipinski definition) is 1. The van der Waals surface area contributed by atoms with Crippen LogP contribution >= 0.6 is 0 Å². The van der Waals surface area contributed by atoms with Crippen LogP contribution in [0.2, 0.25) is 0 Å². The van der Waals surface area contributed by atoms with Crippen molar-refractivity contribution in [2.75, 3.05) is 18.4 Å². The number of imidazole rings is 1. The van der Waals surface area contributed by atoms with Crippen LogP contribution < -0.4 is 5.32 Å². The fourth-order valence-electron chi connectivity index (χ4n) is 5.27. The number of rotatable bonds is 5. The lowest BCUT2D eigenvalue weighted by molar-refractivity contribution is 0.172. The van der Waals surface area contributed by atoms with Crippen LogP contribution in [-0.4, -0.2) is 33.4 Å². The summed E-state index contributed by atoms with van der Waals surface area (Å²) in [7, 11) is 0. The molecule has 3 heterocycles. The summed E-state index contributed by atoms with van der Waals surface area (Å²) in [5.41, 5.74) is 10.9. The number of benzene rings is 2. The van der Waals surface area contributed by atoms with Crippen molar-refractivity contribution in [2.45, 2.75) is 59.4 Å². The van der Waals surface area contributed by atoms with E-state index in [0.29, 0.717) is 12.0 Å².